The van der Waals surface area contributed by atoms with E-state index in [0.29, 0.717) is 5.41 Å². The van der Waals surface area contributed by atoms with Crippen molar-refractivity contribution in [3.63, 3.8) is 0 Å². The van der Waals surface area contributed by atoms with Gasteiger partial charge in [0.15, 0.2) is 0 Å². The third kappa shape index (κ3) is 6.36. The monoisotopic (exact) mass is 461 g/mol. The van der Waals surface area contributed by atoms with E-state index in [1.54, 1.807) is 0 Å². The molecule has 2 heteroatoms. The van der Waals surface area contributed by atoms with E-state index in [1.165, 1.54) is 62.3 Å². The third-order valence-electron chi connectivity index (χ3n) is 7.47. The first-order chi connectivity index (χ1) is 13.8. The second-order valence-corrected chi connectivity index (χ2v) is 10.9. The average molecular weight is 463 g/mol. The van der Waals surface area contributed by atoms with Crippen LogP contribution in [0, 0.1) is 23.2 Å². The molecular formula is C27H44BrN. The fourth-order valence-electron chi connectivity index (χ4n) is 5.83. The maximum absolute atomic E-state index is 3.56. The SMILES string of the molecule is CC(C)C(CCCCCCCCCn1ccc2cc(Br)ccc21)(C(C)C)C(C)C. The van der Waals surface area contributed by atoms with Gasteiger partial charge in [0, 0.05) is 28.1 Å². The van der Waals surface area contributed by atoms with Crippen LogP contribution in [0.1, 0.15) is 92.9 Å². The van der Waals surface area contributed by atoms with Crippen molar-refractivity contribution in [1.82, 2.24) is 4.57 Å². The van der Waals surface area contributed by atoms with Crippen molar-refractivity contribution in [1.29, 1.82) is 0 Å². The van der Waals surface area contributed by atoms with E-state index < -0.39 is 0 Å². The lowest BCUT2D eigenvalue weighted by Crippen LogP contribution is -2.38. The summed E-state index contributed by atoms with van der Waals surface area (Å²) in [4.78, 5) is 0. The fourth-order valence-corrected chi connectivity index (χ4v) is 6.21. The molecule has 0 unspecified atom stereocenters. The van der Waals surface area contributed by atoms with Crippen LogP contribution in [0.4, 0.5) is 0 Å². The predicted molar refractivity (Wildman–Crippen MR) is 134 cm³/mol. The number of benzene rings is 1. The highest BCUT2D eigenvalue weighted by molar-refractivity contribution is 9.10. The summed E-state index contributed by atoms with van der Waals surface area (Å²) >= 11 is 3.56. The van der Waals surface area contributed by atoms with Gasteiger partial charge in [0.05, 0.1) is 0 Å². The van der Waals surface area contributed by atoms with E-state index in [0.717, 1.165) is 28.8 Å². The zero-order chi connectivity index (χ0) is 21.4. The molecule has 0 N–H and O–H groups in total. The first kappa shape index (κ1) is 24.5. The van der Waals surface area contributed by atoms with Crippen molar-refractivity contribution >= 4 is 26.8 Å². The lowest BCUT2D eigenvalue weighted by molar-refractivity contribution is 0.0356. The molecule has 2 rings (SSSR count). The van der Waals surface area contributed by atoms with Crippen LogP contribution in [-0.2, 0) is 6.54 Å². The number of halogens is 1. The molecule has 164 valence electrons. The molecule has 1 nitrogen and oxygen atoms in total. The van der Waals surface area contributed by atoms with Gasteiger partial charge in [-0.15, -0.1) is 0 Å². The van der Waals surface area contributed by atoms with Crippen molar-refractivity contribution < 1.29 is 0 Å². The molecule has 0 saturated heterocycles. The minimum atomic E-state index is 0.509. The maximum Gasteiger partial charge on any atom is 0.0481 e. The molecule has 0 spiro atoms. The molecule has 1 heterocycles. The lowest BCUT2D eigenvalue weighted by atomic mass is 9.60. The van der Waals surface area contributed by atoms with E-state index in [4.69, 9.17) is 0 Å². The van der Waals surface area contributed by atoms with Crippen molar-refractivity contribution in [2.75, 3.05) is 0 Å². The molecule has 0 atom stereocenters. The van der Waals surface area contributed by atoms with E-state index in [1.807, 2.05) is 0 Å². The van der Waals surface area contributed by atoms with Crippen LogP contribution < -0.4 is 0 Å². The molecule has 0 aliphatic heterocycles. The van der Waals surface area contributed by atoms with Gasteiger partial charge < -0.3 is 4.57 Å². The Morgan fingerprint density at radius 3 is 1.90 bits per heavy atom. The van der Waals surface area contributed by atoms with Crippen LogP contribution in [0.5, 0.6) is 0 Å². The summed E-state index contributed by atoms with van der Waals surface area (Å²) in [5.41, 5.74) is 1.87. The number of nitrogens with zero attached hydrogens (tertiary/aromatic N) is 1. The molecule has 2 aromatic rings. The summed E-state index contributed by atoms with van der Waals surface area (Å²) in [6.07, 6.45) is 13.3. The van der Waals surface area contributed by atoms with Gasteiger partial charge in [-0.05, 0) is 60.3 Å². The summed E-state index contributed by atoms with van der Waals surface area (Å²) in [5, 5.41) is 1.33. The van der Waals surface area contributed by atoms with E-state index in [2.05, 4.69) is 92.5 Å². The summed E-state index contributed by atoms with van der Waals surface area (Å²) in [5.74, 6) is 2.31. The molecule has 1 aromatic heterocycles. The summed E-state index contributed by atoms with van der Waals surface area (Å²) in [6, 6.07) is 8.81. The Morgan fingerprint density at radius 1 is 0.759 bits per heavy atom. The average Bonchev–Trinajstić information content (AvgIpc) is 3.04. The molecule has 1 aromatic carbocycles. The Morgan fingerprint density at radius 2 is 1.31 bits per heavy atom. The molecule has 0 fully saturated rings. The fraction of sp³-hybridized carbons (Fsp3) is 0.704. The highest BCUT2D eigenvalue weighted by Gasteiger charge is 2.39. The molecule has 0 bridgehead atoms. The van der Waals surface area contributed by atoms with Crippen LogP contribution >= 0.6 is 15.9 Å². The van der Waals surface area contributed by atoms with Gasteiger partial charge in [-0.25, -0.2) is 0 Å². The second kappa shape index (κ2) is 11.6. The number of aryl methyl sites for hydroxylation is 1. The van der Waals surface area contributed by atoms with Crippen LogP contribution in [-0.4, -0.2) is 4.57 Å². The molecule has 0 aliphatic rings. The van der Waals surface area contributed by atoms with Crippen LogP contribution in [0.2, 0.25) is 0 Å². The Labute approximate surface area is 188 Å². The van der Waals surface area contributed by atoms with Crippen molar-refractivity contribution in [2.45, 2.75) is 99.5 Å². The Bertz CT molecular complexity index is 703. The van der Waals surface area contributed by atoms with Gasteiger partial charge >= 0.3 is 0 Å². The summed E-state index contributed by atoms with van der Waals surface area (Å²) < 4.78 is 3.57. The van der Waals surface area contributed by atoms with Gasteiger partial charge in [-0.1, -0.05) is 96.0 Å². The molecule has 29 heavy (non-hydrogen) atoms. The van der Waals surface area contributed by atoms with Crippen LogP contribution in [0.25, 0.3) is 10.9 Å². The Hall–Kier alpha value is -0.760. The van der Waals surface area contributed by atoms with Gasteiger partial charge in [0.25, 0.3) is 0 Å². The number of hydrogen-bond acceptors (Lipinski definition) is 0. The zero-order valence-corrected chi connectivity index (χ0v) is 21.4. The molecule has 0 amide bonds. The highest BCUT2D eigenvalue weighted by atomic mass is 79.9. The van der Waals surface area contributed by atoms with Crippen molar-refractivity contribution in [2.24, 2.45) is 23.2 Å². The highest BCUT2D eigenvalue weighted by Crippen LogP contribution is 2.47. The quantitative estimate of drug-likeness (QED) is 0.261. The van der Waals surface area contributed by atoms with Crippen LogP contribution in [0.15, 0.2) is 34.9 Å². The van der Waals surface area contributed by atoms with Crippen molar-refractivity contribution in [3.8, 4) is 0 Å². The van der Waals surface area contributed by atoms with Gasteiger partial charge in [0.1, 0.15) is 0 Å². The normalized spacial score (nSPS) is 12.8. The van der Waals surface area contributed by atoms with E-state index in [9.17, 15) is 0 Å². The van der Waals surface area contributed by atoms with Crippen molar-refractivity contribution in [3.05, 3.63) is 34.9 Å². The summed E-state index contributed by atoms with van der Waals surface area (Å²) in [6.45, 7) is 15.8. The van der Waals surface area contributed by atoms with Crippen LogP contribution in [0.3, 0.4) is 0 Å². The lowest BCUT2D eigenvalue weighted by Gasteiger charge is -2.45. The van der Waals surface area contributed by atoms with Gasteiger partial charge in [0.2, 0.25) is 0 Å². The predicted octanol–water partition coefficient (Wildman–Crippen LogP) is 9.48. The maximum atomic E-state index is 3.56. The number of aromatic nitrogens is 1. The number of hydrogen-bond donors (Lipinski definition) is 0. The molecule has 0 radical (unpaired) electrons. The standard InChI is InChI=1S/C27H44BrN/c1-21(2)27(22(3)4,23(5)6)17-12-10-8-7-9-11-13-18-29-19-16-24-20-25(28)14-15-26(24)29/h14-16,19-23H,7-13,17-18H2,1-6H3. The molecule has 0 aliphatic carbocycles. The van der Waals surface area contributed by atoms with Gasteiger partial charge in [-0.2, -0.15) is 0 Å². The first-order valence-electron chi connectivity index (χ1n) is 12.0. The Kier molecular flexibility index (Phi) is 9.79. The number of fused-ring (bicyclic) bond motifs is 1. The smallest absolute Gasteiger partial charge is 0.0481 e. The minimum absolute atomic E-state index is 0.509. The van der Waals surface area contributed by atoms with E-state index >= 15 is 0 Å². The molecule has 0 saturated carbocycles. The number of rotatable bonds is 13. The topological polar surface area (TPSA) is 4.93 Å². The Balaban J connectivity index is 1.62. The zero-order valence-electron chi connectivity index (χ0n) is 19.8. The third-order valence-corrected chi connectivity index (χ3v) is 7.96. The first-order valence-corrected chi connectivity index (χ1v) is 12.8. The largest absolute Gasteiger partial charge is 0.347 e. The summed E-state index contributed by atoms with van der Waals surface area (Å²) in [7, 11) is 0. The minimum Gasteiger partial charge on any atom is -0.347 e. The second-order valence-electron chi connectivity index (χ2n) is 10.0. The van der Waals surface area contributed by atoms with Gasteiger partial charge in [-0.3, -0.25) is 0 Å². The van der Waals surface area contributed by atoms with E-state index in [-0.39, 0.29) is 0 Å². The molecular weight excluding hydrogens is 418 g/mol. The number of unbranched alkanes of at least 4 members (excludes halogenated alkanes) is 6.